The van der Waals surface area contributed by atoms with Crippen LogP contribution < -0.4 is 5.73 Å². The lowest BCUT2D eigenvalue weighted by atomic mass is 9.93. The van der Waals surface area contributed by atoms with Crippen LogP contribution >= 0.6 is 11.8 Å². The van der Waals surface area contributed by atoms with Gasteiger partial charge >= 0.3 is 0 Å². The van der Waals surface area contributed by atoms with Crippen LogP contribution in [0.15, 0.2) is 0 Å². The largest absolute Gasteiger partial charge is 0.329 e. The van der Waals surface area contributed by atoms with Crippen molar-refractivity contribution in [2.24, 2.45) is 5.73 Å². The topological polar surface area (TPSA) is 29.3 Å². The van der Waals surface area contributed by atoms with Crippen LogP contribution in [0.3, 0.4) is 0 Å². The van der Waals surface area contributed by atoms with Crippen molar-refractivity contribution in [3.05, 3.63) is 0 Å². The number of nitrogens with zero attached hydrogens (tertiary/aromatic N) is 1. The molecule has 1 aliphatic carbocycles. The Kier molecular flexibility index (Phi) is 3.40. The molecule has 1 heterocycles. The molecule has 2 rings (SSSR count). The molecule has 1 aliphatic heterocycles. The predicted octanol–water partition coefficient (Wildman–Crippen LogP) is 1.70. The smallest absolute Gasteiger partial charge is 0.0335 e. The molecule has 1 saturated carbocycles. The van der Waals surface area contributed by atoms with Gasteiger partial charge < -0.3 is 5.73 Å². The van der Waals surface area contributed by atoms with E-state index < -0.39 is 0 Å². The van der Waals surface area contributed by atoms with Crippen LogP contribution in [-0.4, -0.2) is 41.1 Å². The first-order valence-electron chi connectivity index (χ1n) is 5.83. The molecule has 82 valence electrons. The summed E-state index contributed by atoms with van der Waals surface area (Å²) < 4.78 is 0. The SMILES string of the molecule is CC1CSCCN1C1(CN)CCCC1. The van der Waals surface area contributed by atoms with E-state index in [-0.39, 0.29) is 0 Å². The molecule has 0 radical (unpaired) electrons. The van der Waals surface area contributed by atoms with Crippen molar-refractivity contribution in [2.45, 2.75) is 44.2 Å². The molecule has 2 N–H and O–H groups in total. The summed E-state index contributed by atoms with van der Waals surface area (Å²) in [6.07, 6.45) is 5.43. The van der Waals surface area contributed by atoms with Crippen LogP contribution in [-0.2, 0) is 0 Å². The van der Waals surface area contributed by atoms with Gasteiger partial charge in [-0.05, 0) is 19.8 Å². The Morgan fingerprint density at radius 1 is 1.43 bits per heavy atom. The third-order valence-corrected chi connectivity index (χ3v) is 5.08. The first kappa shape index (κ1) is 10.8. The van der Waals surface area contributed by atoms with Crippen LogP contribution in [0.25, 0.3) is 0 Å². The molecule has 2 aliphatic rings. The number of hydrogen-bond acceptors (Lipinski definition) is 3. The summed E-state index contributed by atoms with van der Waals surface area (Å²) in [4.78, 5) is 2.70. The Balaban J connectivity index is 2.09. The molecule has 0 aromatic carbocycles. The van der Waals surface area contributed by atoms with Gasteiger partial charge in [-0.1, -0.05) is 12.8 Å². The van der Waals surface area contributed by atoms with E-state index in [4.69, 9.17) is 5.73 Å². The molecule has 1 unspecified atom stereocenters. The minimum atomic E-state index is 0.375. The monoisotopic (exact) mass is 214 g/mol. The number of thioether (sulfide) groups is 1. The van der Waals surface area contributed by atoms with Crippen LogP contribution in [0.2, 0.25) is 0 Å². The molecule has 0 bridgehead atoms. The normalized spacial score (nSPS) is 33.4. The van der Waals surface area contributed by atoms with Crippen molar-refractivity contribution in [3.63, 3.8) is 0 Å². The van der Waals surface area contributed by atoms with E-state index in [2.05, 4.69) is 23.6 Å². The number of hydrogen-bond donors (Lipinski definition) is 1. The Bertz CT molecular complexity index is 190. The molecule has 2 fully saturated rings. The molecule has 0 aromatic heterocycles. The third kappa shape index (κ3) is 1.82. The van der Waals surface area contributed by atoms with Gasteiger partial charge in [0.2, 0.25) is 0 Å². The van der Waals surface area contributed by atoms with E-state index >= 15 is 0 Å². The molecule has 1 atom stereocenters. The van der Waals surface area contributed by atoms with E-state index in [0.717, 1.165) is 12.6 Å². The Morgan fingerprint density at radius 3 is 2.71 bits per heavy atom. The maximum Gasteiger partial charge on any atom is 0.0335 e. The number of rotatable bonds is 2. The van der Waals surface area contributed by atoms with Gasteiger partial charge in [0, 0.05) is 36.2 Å². The van der Waals surface area contributed by atoms with Crippen molar-refractivity contribution >= 4 is 11.8 Å². The molecule has 0 spiro atoms. The van der Waals surface area contributed by atoms with Gasteiger partial charge in [-0.2, -0.15) is 11.8 Å². The minimum Gasteiger partial charge on any atom is -0.329 e. The quantitative estimate of drug-likeness (QED) is 0.758. The Labute approximate surface area is 91.6 Å². The van der Waals surface area contributed by atoms with Crippen molar-refractivity contribution in [2.75, 3.05) is 24.6 Å². The summed E-state index contributed by atoms with van der Waals surface area (Å²) in [5.41, 5.74) is 6.39. The summed E-state index contributed by atoms with van der Waals surface area (Å²) in [7, 11) is 0. The lowest BCUT2D eigenvalue weighted by Gasteiger charge is -2.46. The van der Waals surface area contributed by atoms with Gasteiger partial charge in [0.25, 0.3) is 0 Å². The highest BCUT2D eigenvalue weighted by atomic mass is 32.2. The highest BCUT2D eigenvalue weighted by Gasteiger charge is 2.41. The van der Waals surface area contributed by atoms with Crippen molar-refractivity contribution in [1.29, 1.82) is 0 Å². The van der Waals surface area contributed by atoms with Crippen molar-refractivity contribution in [1.82, 2.24) is 4.90 Å². The Hall–Kier alpha value is 0.270. The van der Waals surface area contributed by atoms with Gasteiger partial charge in [0.05, 0.1) is 0 Å². The molecule has 0 amide bonds. The van der Waals surface area contributed by atoms with E-state index in [1.54, 1.807) is 0 Å². The van der Waals surface area contributed by atoms with E-state index in [0.29, 0.717) is 5.54 Å². The molecule has 1 saturated heterocycles. The number of nitrogens with two attached hydrogens (primary N) is 1. The van der Waals surface area contributed by atoms with E-state index in [1.807, 2.05) is 0 Å². The van der Waals surface area contributed by atoms with Crippen LogP contribution in [0, 0.1) is 0 Å². The van der Waals surface area contributed by atoms with Gasteiger partial charge in [0.15, 0.2) is 0 Å². The fourth-order valence-electron chi connectivity index (χ4n) is 3.07. The van der Waals surface area contributed by atoms with Crippen molar-refractivity contribution in [3.8, 4) is 0 Å². The molecular formula is C11H22N2S. The summed E-state index contributed by atoms with van der Waals surface area (Å²) in [6, 6.07) is 0.732. The van der Waals surface area contributed by atoms with Crippen LogP contribution in [0.4, 0.5) is 0 Å². The van der Waals surface area contributed by atoms with Crippen LogP contribution in [0.5, 0.6) is 0 Å². The third-order valence-electron chi connectivity index (χ3n) is 3.89. The summed E-state index contributed by atoms with van der Waals surface area (Å²) in [6.45, 7) is 4.48. The Morgan fingerprint density at radius 2 is 2.14 bits per heavy atom. The highest BCUT2D eigenvalue weighted by Crippen LogP contribution is 2.37. The van der Waals surface area contributed by atoms with E-state index in [9.17, 15) is 0 Å². The highest BCUT2D eigenvalue weighted by molar-refractivity contribution is 7.99. The second-order valence-corrected chi connectivity index (χ2v) is 5.90. The molecule has 3 heteroatoms. The zero-order chi connectivity index (χ0) is 10.0. The van der Waals surface area contributed by atoms with Gasteiger partial charge in [-0.25, -0.2) is 0 Å². The zero-order valence-corrected chi connectivity index (χ0v) is 9.98. The standard InChI is InChI=1S/C11H22N2S/c1-10-8-14-7-6-13(10)11(9-12)4-2-3-5-11/h10H,2-9,12H2,1H3. The lowest BCUT2D eigenvalue weighted by Crippen LogP contribution is -2.58. The van der Waals surface area contributed by atoms with Crippen LogP contribution in [0.1, 0.15) is 32.6 Å². The second kappa shape index (κ2) is 4.42. The van der Waals surface area contributed by atoms with E-state index in [1.165, 1.54) is 43.7 Å². The second-order valence-electron chi connectivity index (χ2n) is 4.75. The molecular weight excluding hydrogens is 192 g/mol. The first-order valence-corrected chi connectivity index (χ1v) is 6.98. The first-order chi connectivity index (χ1) is 6.78. The fraction of sp³-hybridized carbons (Fsp3) is 1.00. The zero-order valence-electron chi connectivity index (χ0n) is 9.17. The van der Waals surface area contributed by atoms with Gasteiger partial charge in [0.1, 0.15) is 0 Å². The van der Waals surface area contributed by atoms with Crippen molar-refractivity contribution < 1.29 is 0 Å². The maximum atomic E-state index is 6.01. The average Bonchev–Trinajstić information content (AvgIpc) is 2.68. The maximum absolute atomic E-state index is 6.01. The summed E-state index contributed by atoms with van der Waals surface area (Å²) >= 11 is 2.09. The molecule has 2 nitrogen and oxygen atoms in total. The average molecular weight is 214 g/mol. The molecule has 14 heavy (non-hydrogen) atoms. The fourth-order valence-corrected chi connectivity index (χ4v) is 4.09. The molecule has 0 aromatic rings. The predicted molar refractivity (Wildman–Crippen MR) is 63.7 cm³/mol. The van der Waals surface area contributed by atoms with Gasteiger partial charge in [-0.15, -0.1) is 0 Å². The summed E-state index contributed by atoms with van der Waals surface area (Å²) in [5.74, 6) is 2.59. The minimum absolute atomic E-state index is 0.375. The van der Waals surface area contributed by atoms with Gasteiger partial charge in [-0.3, -0.25) is 4.90 Å². The summed E-state index contributed by atoms with van der Waals surface area (Å²) in [5, 5.41) is 0. The lowest BCUT2D eigenvalue weighted by molar-refractivity contribution is 0.0720.